The quantitative estimate of drug-likeness (QED) is 0.656. The minimum atomic E-state index is -1.21. The summed E-state index contributed by atoms with van der Waals surface area (Å²) in [6.45, 7) is 1.28. The largest absolute Gasteiger partial charge is 0.508 e. The van der Waals surface area contributed by atoms with Gasteiger partial charge in [0.25, 0.3) is 5.91 Å². The van der Waals surface area contributed by atoms with Gasteiger partial charge in [-0.05, 0) is 43.3 Å². The van der Waals surface area contributed by atoms with Gasteiger partial charge in [0.1, 0.15) is 5.75 Å². The average molecular weight is 297 g/mol. The number of hydrogen-bond donors (Lipinski definition) is 2. The van der Waals surface area contributed by atoms with Crippen molar-refractivity contribution in [2.24, 2.45) is 10.2 Å². The molecule has 1 unspecified atom stereocenters. The predicted molar refractivity (Wildman–Crippen MR) is 82.2 cm³/mol. The van der Waals surface area contributed by atoms with E-state index in [1.54, 1.807) is 24.3 Å². The van der Waals surface area contributed by atoms with Crippen LogP contribution in [-0.4, -0.2) is 22.8 Å². The number of para-hydroxylation sites is 1. The molecule has 2 rings (SSSR count). The van der Waals surface area contributed by atoms with Gasteiger partial charge >= 0.3 is 0 Å². The molecule has 6 nitrogen and oxygen atoms in total. The Balaban J connectivity index is 2.11. The van der Waals surface area contributed by atoms with Crippen LogP contribution in [0.2, 0.25) is 0 Å². The van der Waals surface area contributed by atoms with Crippen molar-refractivity contribution < 1.29 is 14.7 Å². The molecule has 0 aromatic heterocycles. The van der Waals surface area contributed by atoms with Crippen LogP contribution in [0.5, 0.6) is 5.75 Å². The lowest BCUT2D eigenvalue weighted by atomic mass is 10.2. The lowest BCUT2D eigenvalue weighted by molar-refractivity contribution is -0.126. The number of nitrogens with zero attached hydrogens (tertiary/aromatic N) is 2. The highest BCUT2D eigenvalue weighted by Crippen LogP contribution is 2.18. The predicted octanol–water partition coefficient (Wildman–Crippen LogP) is 3.07. The monoisotopic (exact) mass is 297 g/mol. The third kappa shape index (κ3) is 4.24. The zero-order chi connectivity index (χ0) is 15.9. The fourth-order valence-electron chi connectivity index (χ4n) is 1.69. The third-order valence-corrected chi connectivity index (χ3v) is 2.81. The van der Waals surface area contributed by atoms with Gasteiger partial charge in [-0.2, -0.15) is 10.2 Å². The molecule has 0 aliphatic carbocycles. The number of rotatable bonds is 5. The molecule has 0 bridgehead atoms. The Kier molecular flexibility index (Phi) is 4.98. The van der Waals surface area contributed by atoms with E-state index in [9.17, 15) is 14.7 Å². The van der Waals surface area contributed by atoms with Crippen LogP contribution in [0.1, 0.15) is 6.92 Å². The molecule has 112 valence electrons. The highest BCUT2D eigenvalue weighted by atomic mass is 16.3. The number of hydrogen-bond acceptors (Lipinski definition) is 5. The molecule has 6 heteroatoms. The lowest BCUT2D eigenvalue weighted by Gasteiger charge is -2.09. The van der Waals surface area contributed by atoms with Gasteiger partial charge in [0, 0.05) is 5.69 Å². The molecule has 0 heterocycles. The summed E-state index contributed by atoms with van der Waals surface area (Å²) < 4.78 is 0. The summed E-state index contributed by atoms with van der Waals surface area (Å²) in [4.78, 5) is 23.7. The maximum Gasteiger partial charge on any atom is 0.258 e. The summed E-state index contributed by atoms with van der Waals surface area (Å²) in [5.41, 5.74) is 1.02. The van der Waals surface area contributed by atoms with Gasteiger partial charge < -0.3 is 10.4 Å². The Bertz CT molecular complexity index is 682. The van der Waals surface area contributed by atoms with Crippen molar-refractivity contribution in [1.82, 2.24) is 0 Å². The molecular weight excluding hydrogens is 282 g/mol. The van der Waals surface area contributed by atoms with Gasteiger partial charge in [-0.3, -0.25) is 9.59 Å². The number of Topliss-reactive ketones (excluding diaryl/α,β-unsaturated/α-hetero) is 1. The minimum Gasteiger partial charge on any atom is -0.508 e. The molecule has 0 saturated carbocycles. The molecule has 1 amide bonds. The third-order valence-electron chi connectivity index (χ3n) is 2.81. The van der Waals surface area contributed by atoms with E-state index in [-0.39, 0.29) is 5.75 Å². The zero-order valence-electron chi connectivity index (χ0n) is 11.9. The van der Waals surface area contributed by atoms with Crippen molar-refractivity contribution in [2.45, 2.75) is 13.0 Å². The average Bonchev–Trinajstić information content (AvgIpc) is 2.50. The molecule has 2 aromatic rings. The van der Waals surface area contributed by atoms with Crippen LogP contribution in [0.25, 0.3) is 0 Å². The van der Waals surface area contributed by atoms with Crippen LogP contribution >= 0.6 is 0 Å². The molecule has 0 aliphatic heterocycles. The molecular formula is C16H15N3O3. The van der Waals surface area contributed by atoms with E-state index in [0.717, 1.165) is 0 Å². The summed E-state index contributed by atoms with van der Waals surface area (Å²) >= 11 is 0. The van der Waals surface area contributed by atoms with Crippen molar-refractivity contribution in [3.63, 3.8) is 0 Å². The minimum absolute atomic E-state index is 0.101. The Morgan fingerprint density at radius 2 is 1.68 bits per heavy atom. The maximum atomic E-state index is 12.1. The van der Waals surface area contributed by atoms with E-state index in [1.807, 2.05) is 6.07 Å². The molecule has 0 saturated heterocycles. The number of amides is 1. The summed E-state index contributed by atoms with van der Waals surface area (Å²) in [5, 5.41) is 19.5. The first kappa shape index (κ1) is 15.4. The second kappa shape index (κ2) is 7.12. The normalized spacial score (nSPS) is 12.0. The molecule has 0 spiro atoms. The smallest absolute Gasteiger partial charge is 0.258 e. The standard InChI is InChI=1S/C16H15N3O3/c1-11(20)15(16(22)17-12-5-3-2-4-6-12)19-18-13-7-9-14(21)10-8-13/h2-10,15,21H,1H3,(H,17,22). The molecule has 0 aliphatic rings. The van der Waals surface area contributed by atoms with Gasteiger partial charge in [-0.15, -0.1) is 0 Å². The molecule has 2 N–H and O–H groups in total. The first-order valence-electron chi connectivity index (χ1n) is 6.62. The number of anilines is 1. The van der Waals surface area contributed by atoms with Crippen LogP contribution in [-0.2, 0) is 9.59 Å². The van der Waals surface area contributed by atoms with Gasteiger partial charge in [0.2, 0.25) is 6.04 Å². The number of nitrogens with one attached hydrogen (secondary N) is 1. The Morgan fingerprint density at radius 3 is 2.27 bits per heavy atom. The second-order valence-corrected chi connectivity index (χ2v) is 4.60. The number of phenols is 1. The number of aromatic hydroxyl groups is 1. The van der Waals surface area contributed by atoms with Crippen molar-refractivity contribution in [3.8, 4) is 5.75 Å². The van der Waals surface area contributed by atoms with Gasteiger partial charge in [0.05, 0.1) is 5.69 Å². The lowest BCUT2D eigenvalue weighted by Crippen LogP contribution is -2.31. The van der Waals surface area contributed by atoms with Crippen LogP contribution in [0.4, 0.5) is 11.4 Å². The molecule has 2 aromatic carbocycles. The summed E-state index contributed by atoms with van der Waals surface area (Å²) in [7, 11) is 0. The second-order valence-electron chi connectivity index (χ2n) is 4.60. The summed E-state index contributed by atoms with van der Waals surface area (Å²) in [5.74, 6) is -0.846. The maximum absolute atomic E-state index is 12.1. The fraction of sp³-hybridized carbons (Fsp3) is 0.125. The van der Waals surface area contributed by atoms with E-state index < -0.39 is 17.7 Å². The molecule has 0 fully saturated rings. The topological polar surface area (TPSA) is 91.1 Å². The Morgan fingerprint density at radius 1 is 1.05 bits per heavy atom. The summed E-state index contributed by atoms with van der Waals surface area (Å²) in [6, 6.07) is 13.5. The number of benzene rings is 2. The number of carbonyl (C=O) groups is 2. The van der Waals surface area contributed by atoms with Crippen LogP contribution in [0, 0.1) is 0 Å². The van der Waals surface area contributed by atoms with Crippen molar-refractivity contribution in [2.75, 3.05) is 5.32 Å². The Hall–Kier alpha value is -3.02. The van der Waals surface area contributed by atoms with Crippen molar-refractivity contribution >= 4 is 23.1 Å². The summed E-state index contributed by atoms with van der Waals surface area (Å²) in [6.07, 6.45) is 0. The number of carbonyl (C=O) groups excluding carboxylic acids is 2. The van der Waals surface area contributed by atoms with Crippen LogP contribution in [0.15, 0.2) is 64.8 Å². The SMILES string of the molecule is CC(=O)C(N=Nc1ccc(O)cc1)C(=O)Nc1ccccc1. The number of azo groups is 1. The molecule has 0 radical (unpaired) electrons. The van der Waals surface area contributed by atoms with E-state index in [2.05, 4.69) is 15.5 Å². The fourth-order valence-corrected chi connectivity index (χ4v) is 1.69. The van der Waals surface area contributed by atoms with Gasteiger partial charge in [-0.25, -0.2) is 0 Å². The van der Waals surface area contributed by atoms with Gasteiger partial charge in [-0.1, -0.05) is 18.2 Å². The highest BCUT2D eigenvalue weighted by molar-refractivity contribution is 6.10. The first-order valence-corrected chi connectivity index (χ1v) is 6.62. The van der Waals surface area contributed by atoms with Crippen LogP contribution in [0.3, 0.4) is 0 Å². The molecule has 22 heavy (non-hydrogen) atoms. The van der Waals surface area contributed by atoms with E-state index in [4.69, 9.17) is 0 Å². The number of ketones is 1. The Labute approximate surface area is 127 Å². The zero-order valence-corrected chi connectivity index (χ0v) is 11.9. The van der Waals surface area contributed by atoms with Crippen molar-refractivity contribution in [3.05, 3.63) is 54.6 Å². The van der Waals surface area contributed by atoms with Gasteiger partial charge in [0.15, 0.2) is 5.78 Å². The molecule has 1 atom stereocenters. The van der Waals surface area contributed by atoms with Crippen molar-refractivity contribution in [1.29, 1.82) is 0 Å². The van der Waals surface area contributed by atoms with Crippen LogP contribution < -0.4 is 5.32 Å². The van der Waals surface area contributed by atoms with E-state index in [0.29, 0.717) is 11.4 Å². The number of phenolic OH excluding ortho intramolecular Hbond substituents is 1. The first-order chi connectivity index (χ1) is 10.6. The highest BCUT2D eigenvalue weighted by Gasteiger charge is 2.23. The van der Waals surface area contributed by atoms with E-state index >= 15 is 0 Å². The van der Waals surface area contributed by atoms with E-state index in [1.165, 1.54) is 31.2 Å².